The molecule has 1 saturated heterocycles. The van der Waals surface area contributed by atoms with Gasteiger partial charge in [0.1, 0.15) is 11.1 Å². The molecule has 0 N–H and O–H groups in total. The van der Waals surface area contributed by atoms with Crippen LogP contribution in [0.3, 0.4) is 0 Å². The van der Waals surface area contributed by atoms with Crippen LogP contribution in [0.25, 0.3) is 22.4 Å². The summed E-state index contributed by atoms with van der Waals surface area (Å²) in [4.78, 5) is 57.6. The first-order valence-corrected chi connectivity index (χ1v) is 15.7. The summed E-state index contributed by atoms with van der Waals surface area (Å²) in [6.07, 6.45) is -0.0861. The Hall–Kier alpha value is -5.85. The minimum absolute atomic E-state index is 0.0861. The first-order chi connectivity index (χ1) is 22.8. The van der Waals surface area contributed by atoms with Gasteiger partial charge in [0.25, 0.3) is 0 Å². The van der Waals surface area contributed by atoms with Crippen LogP contribution in [-0.4, -0.2) is 40.4 Å². The summed E-state index contributed by atoms with van der Waals surface area (Å²) in [5, 5.41) is 9.78. The fraction of sp³-hybridized carbons (Fsp3) is 0.105. The van der Waals surface area contributed by atoms with Gasteiger partial charge in [-0.1, -0.05) is 102 Å². The summed E-state index contributed by atoms with van der Waals surface area (Å²) >= 11 is 1.09. The Balaban J connectivity index is 1.20. The van der Waals surface area contributed by atoms with Crippen molar-refractivity contribution in [2.24, 2.45) is 0 Å². The highest BCUT2D eigenvalue weighted by molar-refractivity contribution is 8.00. The third-order valence-electron chi connectivity index (χ3n) is 7.68. The molecule has 6 rings (SSSR count). The van der Waals surface area contributed by atoms with Crippen molar-refractivity contribution in [2.45, 2.75) is 23.6 Å². The number of rotatable bonds is 9. The van der Waals surface area contributed by atoms with Crippen molar-refractivity contribution >= 4 is 41.0 Å². The van der Waals surface area contributed by atoms with Crippen molar-refractivity contribution in [1.82, 2.24) is 4.98 Å². The van der Waals surface area contributed by atoms with Gasteiger partial charge in [-0.2, -0.15) is 5.26 Å². The Morgan fingerprint density at radius 1 is 0.872 bits per heavy atom. The number of nitrogens with zero attached hydrogens (tertiary/aromatic N) is 3. The molecule has 47 heavy (non-hydrogen) atoms. The van der Waals surface area contributed by atoms with E-state index in [0.717, 1.165) is 33.4 Å². The van der Waals surface area contributed by atoms with Crippen LogP contribution < -0.4 is 4.90 Å². The van der Waals surface area contributed by atoms with Crippen LogP contribution in [0.5, 0.6) is 0 Å². The number of imide groups is 1. The van der Waals surface area contributed by atoms with E-state index in [9.17, 15) is 24.4 Å². The number of benzene rings is 4. The Morgan fingerprint density at radius 3 is 2.13 bits per heavy atom. The third-order valence-corrected chi connectivity index (χ3v) is 8.85. The van der Waals surface area contributed by atoms with Crippen molar-refractivity contribution in [2.75, 3.05) is 11.5 Å². The number of thioether (sulfide) groups is 1. The van der Waals surface area contributed by atoms with Crippen LogP contribution in [0.2, 0.25) is 0 Å². The van der Waals surface area contributed by atoms with Crippen LogP contribution in [0.1, 0.15) is 38.3 Å². The van der Waals surface area contributed by atoms with Crippen LogP contribution in [0, 0.1) is 18.3 Å². The number of carbonyl (C=O) groups is 4. The van der Waals surface area contributed by atoms with Gasteiger partial charge in [-0.15, -0.1) is 0 Å². The lowest BCUT2D eigenvalue weighted by atomic mass is 9.99. The SMILES string of the molecule is Cc1ccc(C(=O)COC(=O)c2ccc(N3C(=O)CC(Sc4nc(-c5ccccc5)cc(-c5ccccc5)c4C#N)C3=O)cc2)cc1. The molecular weight excluding hydrogens is 611 g/mol. The zero-order chi connectivity index (χ0) is 32.9. The van der Waals surface area contributed by atoms with Crippen LogP contribution >= 0.6 is 11.8 Å². The van der Waals surface area contributed by atoms with Gasteiger partial charge in [-0.25, -0.2) is 14.7 Å². The quantitative estimate of drug-likeness (QED) is 0.0958. The average Bonchev–Trinajstić information content (AvgIpc) is 3.39. The van der Waals surface area contributed by atoms with E-state index in [-0.39, 0.29) is 17.8 Å². The Labute approximate surface area is 275 Å². The normalized spacial score (nSPS) is 14.1. The highest BCUT2D eigenvalue weighted by Crippen LogP contribution is 2.39. The standard InChI is InChI=1S/C38H27N3O5S/c1-24-12-14-27(15-13-24)33(42)23-46-38(45)28-16-18-29(19-17-28)41-35(43)21-34(37(41)44)47-36-31(22-39)30(25-8-4-2-5-9-25)20-32(40-36)26-10-6-3-7-11-26/h2-20,34H,21,23H2,1H3. The number of ether oxygens (including phenoxy) is 1. The lowest BCUT2D eigenvalue weighted by Crippen LogP contribution is -2.31. The predicted octanol–water partition coefficient (Wildman–Crippen LogP) is 7.06. The predicted molar refractivity (Wildman–Crippen MR) is 179 cm³/mol. The summed E-state index contributed by atoms with van der Waals surface area (Å²) in [6, 6.07) is 36.0. The fourth-order valence-corrected chi connectivity index (χ4v) is 6.33. The number of ketones is 1. The second kappa shape index (κ2) is 13.6. The molecule has 2 heterocycles. The van der Waals surface area contributed by atoms with Gasteiger partial charge in [-0.05, 0) is 42.8 Å². The van der Waals surface area contributed by atoms with Crippen molar-refractivity contribution in [3.8, 4) is 28.5 Å². The molecule has 1 unspecified atom stereocenters. The molecule has 9 heteroatoms. The molecule has 230 valence electrons. The second-order valence-electron chi connectivity index (χ2n) is 10.9. The number of aromatic nitrogens is 1. The first-order valence-electron chi connectivity index (χ1n) is 14.8. The molecule has 1 fully saturated rings. The van der Waals surface area contributed by atoms with E-state index in [4.69, 9.17) is 9.72 Å². The molecule has 0 radical (unpaired) electrons. The Kier molecular flexibility index (Phi) is 9.04. The maximum atomic E-state index is 13.6. The molecule has 1 atom stereocenters. The number of pyridine rings is 1. The van der Waals surface area contributed by atoms with Gasteiger partial charge >= 0.3 is 5.97 Å². The number of nitriles is 1. The van der Waals surface area contributed by atoms with E-state index in [2.05, 4.69) is 6.07 Å². The summed E-state index contributed by atoms with van der Waals surface area (Å²) < 4.78 is 5.20. The molecule has 1 aromatic heterocycles. The van der Waals surface area contributed by atoms with Crippen LogP contribution in [-0.2, 0) is 14.3 Å². The minimum Gasteiger partial charge on any atom is -0.454 e. The number of amides is 2. The number of aryl methyl sites for hydroxylation is 1. The van der Waals surface area contributed by atoms with E-state index in [0.29, 0.717) is 33.1 Å². The van der Waals surface area contributed by atoms with E-state index in [1.54, 1.807) is 24.3 Å². The smallest absolute Gasteiger partial charge is 0.338 e. The third kappa shape index (κ3) is 6.73. The van der Waals surface area contributed by atoms with Gasteiger partial charge in [0.15, 0.2) is 12.4 Å². The monoisotopic (exact) mass is 637 g/mol. The lowest BCUT2D eigenvalue weighted by Gasteiger charge is -2.16. The molecule has 4 aromatic carbocycles. The fourth-order valence-electron chi connectivity index (χ4n) is 5.20. The molecule has 0 aliphatic carbocycles. The van der Waals surface area contributed by atoms with Crippen molar-refractivity contribution in [1.29, 1.82) is 5.26 Å². The molecule has 8 nitrogen and oxygen atoms in total. The van der Waals surface area contributed by atoms with Crippen molar-refractivity contribution < 1.29 is 23.9 Å². The van der Waals surface area contributed by atoms with Crippen molar-refractivity contribution in [3.05, 3.63) is 138 Å². The number of carbonyl (C=O) groups excluding carboxylic acids is 4. The van der Waals surface area contributed by atoms with Crippen LogP contribution in [0.15, 0.2) is 120 Å². The second-order valence-corrected chi connectivity index (χ2v) is 12.1. The molecular formula is C38H27N3O5S. The summed E-state index contributed by atoms with van der Waals surface area (Å²) in [7, 11) is 0. The zero-order valence-corrected chi connectivity index (χ0v) is 26.1. The van der Waals surface area contributed by atoms with E-state index in [1.807, 2.05) is 73.7 Å². The molecule has 0 saturated carbocycles. The van der Waals surface area contributed by atoms with Gasteiger partial charge in [0, 0.05) is 23.1 Å². The molecule has 0 bridgehead atoms. The highest BCUT2D eigenvalue weighted by atomic mass is 32.2. The maximum Gasteiger partial charge on any atom is 0.338 e. The van der Waals surface area contributed by atoms with Gasteiger partial charge in [-0.3, -0.25) is 14.4 Å². The lowest BCUT2D eigenvalue weighted by molar-refractivity contribution is -0.121. The Bertz CT molecular complexity index is 2020. The molecule has 2 amide bonds. The largest absolute Gasteiger partial charge is 0.454 e. The highest BCUT2D eigenvalue weighted by Gasteiger charge is 2.41. The molecule has 1 aliphatic rings. The Morgan fingerprint density at radius 2 is 1.49 bits per heavy atom. The van der Waals surface area contributed by atoms with E-state index < -0.39 is 29.6 Å². The summed E-state index contributed by atoms with van der Waals surface area (Å²) in [6.45, 7) is 1.50. The van der Waals surface area contributed by atoms with Crippen LogP contribution in [0.4, 0.5) is 5.69 Å². The van der Waals surface area contributed by atoms with E-state index in [1.165, 1.54) is 24.3 Å². The van der Waals surface area contributed by atoms with E-state index >= 15 is 0 Å². The minimum atomic E-state index is -0.811. The number of esters is 1. The topological polar surface area (TPSA) is 117 Å². The maximum absolute atomic E-state index is 13.6. The summed E-state index contributed by atoms with van der Waals surface area (Å²) in [5.41, 5.74) is 5.25. The van der Waals surface area contributed by atoms with Gasteiger partial charge in [0.05, 0.1) is 27.8 Å². The number of anilines is 1. The van der Waals surface area contributed by atoms with Gasteiger partial charge < -0.3 is 4.74 Å². The zero-order valence-electron chi connectivity index (χ0n) is 25.3. The molecule has 1 aliphatic heterocycles. The summed E-state index contributed by atoms with van der Waals surface area (Å²) in [5.74, 6) is -1.89. The molecule has 0 spiro atoms. The average molecular weight is 638 g/mol. The van der Waals surface area contributed by atoms with Gasteiger partial charge in [0.2, 0.25) is 11.8 Å². The number of hydrogen-bond donors (Lipinski definition) is 0. The number of hydrogen-bond acceptors (Lipinski definition) is 8. The first kappa shape index (κ1) is 31.1. The van der Waals surface area contributed by atoms with Crippen molar-refractivity contribution in [3.63, 3.8) is 0 Å². The molecule has 5 aromatic rings. The number of Topliss-reactive ketones (excluding diaryl/α,β-unsaturated/α-hetero) is 1.